The zero-order valence-corrected chi connectivity index (χ0v) is 7.31. The fourth-order valence-electron chi connectivity index (χ4n) is 1.68. The average molecular weight is 186 g/mol. The topological polar surface area (TPSA) is 17.3 Å². The summed E-state index contributed by atoms with van der Waals surface area (Å²) in [7, 11) is 0. The van der Waals surface area contributed by atoms with Crippen molar-refractivity contribution in [1.82, 2.24) is 9.38 Å². The Hall–Kier alpha value is -1.90. The van der Waals surface area contributed by atoms with Crippen molar-refractivity contribution >= 4 is 16.4 Å². The van der Waals surface area contributed by atoms with Crippen LogP contribution in [0.15, 0.2) is 42.9 Å². The van der Waals surface area contributed by atoms with Crippen molar-refractivity contribution in [1.29, 1.82) is 0 Å². The quantitative estimate of drug-likeness (QED) is 0.527. The highest BCUT2D eigenvalue weighted by Crippen LogP contribution is 2.19. The zero-order chi connectivity index (χ0) is 9.54. The van der Waals surface area contributed by atoms with Gasteiger partial charge in [0, 0.05) is 24.0 Å². The van der Waals surface area contributed by atoms with E-state index in [2.05, 4.69) is 4.98 Å². The first kappa shape index (κ1) is 7.50. The normalized spacial score (nSPS) is 11.2. The Morgan fingerprint density at radius 1 is 1.14 bits per heavy atom. The van der Waals surface area contributed by atoms with Gasteiger partial charge in [-0.15, -0.1) is 0 Å². The first-order valence-corrected chi connectivity index (χ1v) is 4.35. The molecule has 1 aromatic carbocycles. The van der Waals surface area contributed by atoms with Crippen LogP contribution in [0.5, 0.6) is 0 Å². The fourth-order valence-corrected chi connectivity index (χ4v) is 1.68. The van der Waals surface area contributed by atoms with Crippen LogP contribution in [0.4, 0.5) is 4.39 Å². The highest BCUT2D eigenvalue weighted by molar-refractivity contribution is 5.93. The third-order valence-corrected chi connectivity index (χ3v) is 2.34. The molecular formula is C11H7FN2. The Kier molecular flexibility index (Phi) is 1.36. The molecule has 0 saturated carbocycles. The molecule has 2 aromatic heterocycles. The molecule has 0 atom stereocenters. The second kappa shape index (κ2) is 2.54. The number of nitrogens with zero attached hydrogens (tertiary/aromatic N) is 2. The number of hydrogen-bond donors (Lipinski definition) is 0. The number of pyridine rings is 1. The SMILES string of the molecule is Fc1ccc2c(ccn3ccnc23)c1. The van der Waals surface area contributed by atoms with Gasteiger partial charge in [0.1, 0.15) is 11.5 Å². The molecule has 0 saturated heterocycles. The van der Waals surface area contributed by atoms with E-state index < -0.39 is 0 Å². The molecule has 3 rings (SSSR count). The number of halogens is 1. The summed E-state index contributed by atoms with van der Waals surface area (Å²) in [4.78, 5) is 4.22. The van der Waals surface area contributed by atoms with Crippen LogP contribution in [0, 0.1) is 5.82 Å². The van der Waals surface area contributed by atoms with Gasteiger partial charge in [0.05, 0.1) is 0 Å². The van der Waals surface area contributed by atoms with Crippen molar-refractivity contribution in [2.45, 2.75) is 0 Å². The molecule has 14 heavy (non-hydrogen) atoms. The van der Waals surface area contributed by atoms with Crippen LogP contribution in [0.3, 0.4) is 0 Å². The van der Waals surface area contributed by atoms with Crippen LogP contribution in [-0.2, 0) is 0 Å². The molecular weight excluding hydrogens is 179 g/mol. The maximum absolute atomic E-state index is 12.9. The van der Waals surface area contributed by atoms with E-state index in [0.29, 0.717) is 0 Å². The second-order valence-corrected chi connectivity index (χ2v) is 3.21. The van der Waals surface area contributed by atoms with Crippen LogP contribution in [0.25, 0.3) is 16.4 Å². The third-order valence-electron chi connectivity index (χ3n) is 2.34. The van der Waals surface area contributed by atoms with Gasteiger partial charge in [-0.25, -0.2) is 9.37 Å². The van der Waals surface area contributed by atoms with E-state index in [1.165, 1.54) is 12.1 Å². The molecule has 0 aliphatic carbocycles. The Morgan fingerprint density at radius 2 is 2.07 bits per heavy atom. The lowest BCUT2D eigenvalue weighted by molar-refractivity contribution is 0.630. The summed E-state index contributed by atoms with van der Waals surface area (Å²) in [6.45, 7) is 0. The van der Waals surface area contributed by atoms with E-state index in [9.17, 15) is 4.39 Å². The summed E-state index contributed by atoms with van der Waals surface area (Å²) in [5, 5.41) is 1.85. The van der Waals surface area contributed by atoms with Gasteiger partial charge in [-0.3, -0.25) is 0 Å². The lowest BCUT2D eigenvalue weighted by Crippen LogP contribution is -1.85. The van der Waals surface area contributed by atoms with Gasteiger partial charge in [0.2, 0.25) is 0 Å². The largest absolute Gasteiger partial charge is 0.307 e. The van der Waals surface area contributed by atoms with Crippen molar-refractivity contribution in [2.75, 3.05) is 0 Å². The van der Waals surface area contributed by atoms with Crippen LogP contribution >= 0.6 is 0 Å². The molecule has 0 N–H and O–H groups in total. The van der Waals surface area contributed by atoms with Crippen LogP contribution < -0.4 is 0 Å². The first-order chi connectivity index (χ1) is 6.84. The van der Waals surface area contributed by atoms with Crippen molar-refractivity contribution in [3.8, 4) is 0 Å². The minimum atomic E-state index is -0.214. The Labute approximate surface area is 79.6 Å². The van der Waals surface area contributed by atoms with Gasteiger partial charge in [-0.05, 0) is 29.7 Å². The van der Waals surface area contributed by atoms with Crippen molar-refractivity contribution < 1.29 is 4.39 Å². The third kappa shape index (κ3) is 0.923. The van der Waals surface area contributed by atoms with Crippen LogP contribution in [0.1, 0.15) is 0 Å². The summed E-state index contributed by atoms with van der Waals surface area (Å²) in [6, 6.07) is 6.61. The molecule has 0 unspecified atom stereocenters. The van der Waals surface area contributed by atoms with E-state index in [0.717, 1.165) is 16.4 Å². The number of rotatable bonds is 0. The summed E-state index contributed by atoms with van der Waals surface area (Å²) in [6.07, 6.45) is 5.49. The molecule has 3 aromatic rings. The highest BCUT2D eigenvalue weighted by Gasteiger charge is 2.01. The molecule has 0 aliphatic rings. The van der Waals surface area contributed by atoms with Crippen molar-refractivity contribution in [3.05, 3.63) is 48.7 Å². The molecule has 2 nitrogen and oxygen atoms in total. The van der Waals surface area contributed by atoms with E-state index in [-0.39, 0.29) is 5.82 Å². The average Bonchev–Trinajstić information content (AvgIpc) is 2.65. The molecule has 0 radical (unpaired) electrons. The van der Waals surface area contributed by atoms with E-state index in [1.807, 2.05) is 22.9 Å². The standard InChI is InChI=1S/C11H7FN2/c12-9-1-2-10-8(7-9)3-5-14-6-4-13-11(10)14/h1-7H. The molecule has 2 heterocycles. The monoisotopic (exact) mass is 186 g/mol. The lowest BCUT2D eigenvalue weighted by Gasteiger charge is -1.99. The smallest absolute Gasteiger partial charge is 0.144 e. The Bertz CT molecular complexity index is 613. The minimum Gasteiger partial charge on any atom is -0.307 e. The zero-order valence-electron chi connectivity index (χ0n) is 7.31. The van der Waals surface area contributed by atoms with Gasteiger partial charge in [-0.1, -0.05) is 0 Å². The lowest BCUT2D eigenvalue weighted by atomic mass is 10.2. The summed E-state index contributed by atoms with van der Waals surface area (Å²) >= 11 is 0. The second-order valence-electron chi connectivity index (χ2n) is 3.21. The number of benzene rings is 1. The fraction of sp³-hybridized carbons (Fsp3) is 0. The Morgan fingerprint density at radius 3 is 3.00 bits per heavy atom. The van der Waals surface area contributed by atoms with E-state index >= 15 is 0 Å². The van der Waals surface area contributed by atoms with Crippen LogP contribution in [-0.4, -0.2) is 9.38 Å². The predicted octanol–water partition coefficient (Wildman–Crippen LogP) is 2.63. The summed E-state index contributed by atoms with van der Waals surface area (Å²) < 4.78 is 14.9. The van der Waals surface area contributed by atoms with E-state index in [1.54, 1.807) is 12.3 Å². The molecule has 0 spiro atoms. The molecule has 0 bridgehead atoms. The summed E-state index contributed by atoms with van der Waals surface area (Å²) in [5.74, 6) is -0.214. The maximum Gasteiger partial charge on any atom is 0.144 e. The number of aromatic nitrogens is 2. The van der Waals surface area contributed by atoms with Gasteiger partial charge in [0.15, 0.2) is 0 Å². The van der Waals surface area contributed by atoms with Crippen molar-refractivity contribution in [3.63, 3.8) is 0 Å². The van der Waals surface area contributed by atoms with Crippen molar-refractivity contribution in [2.24, 2.45) is 0 Å². The minimum absolute atomic E-state index is 0.214. The number of fused-ring (bicyclic) bond motifs is 3. The molecule has 0 fully saturated rings. The summed E-state index contributed by atoms with van der Waals surface area (Å²) in [5.41, 5.74) is 0.863. The number of imidazole rings is 1. The van der Waals surface area contributed by atoms with Gasteiger partial charge in [-0.2, -0.15) is 0 Å². The maximum atomic E-state index is 12.9. The van der Waals surface area contributed by atoms with Crippen LogP contribution in [0.2, 0.25) is 0 Å². The van der Waals surface area contributed by atoms with Gasteiger partial charge in [0.25, 0.3) is 0 Å². The van der Waals surface area contributed by atoms with Gasteiger partial charge >= 0.3 is 0 Å². The molecule has 3 heteroatoms. The molecule has 0 aliphatic heterocycles. The van der Waals surface area contributed by atoms with Gasteiger partial charge < -0.3 is 4.40 Å². The molecule has 68 valence electrons. The predicted molar refractivity (Wildman–Crippen MR) is 52.7 cm³/mol. The number of hydrogen-bond acceptors (Lipinski definition) is 1. The highest BCUT2D eigenvalue weighted by atomic mass is 19.1. The molecule has 0 amide bonds. The Balaban J connectivity index is 2.57. The first-order valence-electron chi connectivity index (χ1n) is 4.35. The van der Waals surface area contributed by atoms with E-state index in [4.69, 9.17) is 0 Å².